The van der Waals surface area contributed by atoms with Crippen molar-refractivity contribution in [2.75, 3.05) is 33.9 Å². The van der Waals surface area contributed by atoms with E-state index in [0.29, 0.717) is 23.6 Å². The van der Waals surface area contributed by atoms with Crippen LogP contribution in [0, 0.1) is 0 Å². The molecule has 1 aliphatic heterocycles. The second kappa shape index (κ2) is 6.72. The van der Waals surface area contributed by atoms with Crippen molar-refractivity contribution in [3.05, 3.63) is 23.8 Å². The number of piperidine rings is 1. The average Bonchev–Trinajstić information content (AvgIpc) is 2.48. The Morgan fingerprint density at radius 2 is 1.90 bits per heavy atom. The van der Waals surface area contributed by atoms with E-state index in [1.807, 2.05) is 0 Å². The summed E-state index contributed by atoms with van der Waals surface area (Å²) < 4.78 is 10.4. The molecule has 20 heavy (non-hydrogen) atoms. The zero-order chi connectivity index (χ0) is 14.5. The Hall–Kier alpha value is -1.59. The van der Waals surface area contributed by atoms with Gasteiger partial charge in [0.25, 0.3) is 0 Å². The SMILES string of the molecule is COc1ccc(C(=O)CN2CCC(O)CC2)cc1OC. The van der Waals surface area contributed by atoms with Crippen molar-refractivity contribution in [2.45, 2.75) is 18.9 Å². The van der Waals surface area contributed by atoms with Crippen LogP contribution in [0.2, 0.25) is 0 Å². The van der Waals surface area contributed by atoms with Crippen LogP contribution in [0.15, 0.2) is 18.2 Å². The number of benzene rings is 1. The summed E-state index contributed by atoms with van der Waals surface area (Å²) in [5.74, 6) is 1.24. The molecule has 1 saturated heterocycles. The number of aliphatic hydroxyl groups is 1. The Labute approximate surface area is 119 Å². The first kappa shape index (κ1) is 14.8. The third-order valence-electron chi connectivity index (χ3n) is 3.63. The zero-order valence-corrected chi connectivity index (χ0v) is 12.0. The molecule has 0 saturated carbocycles. The van der Waals surface area contributed by atoms with Gasteiger partial charge in [-0.25, -0.2) is 0 Å². The van der Waals surface area contributed by atoms with Crippen LogP contribution < -0.4 is 9.47 Å². The Kier molecular flexibility index (Phi) is 4.98. The predicted octanol–water partition coefficient (Wildman–Crippen LogP) is 1.34. The van der Waals surface area contributed by atoms with E-state index in [9.17, 15) is 9.90 Å². The van der Waals surface area contributed by atoms with E-state index in [-0.39, 0.29) is 11.9 Å². The summed E-state index contributed by atoms with van der Waals surface area (Å²) in [5.41, 5.74) is 0.619. The summed E-state index contributed by atoms with van der Waals surface area (Å²) in [6.07, 6.45) is 1.25. The molecule has 1 aromatic carbocycles. The van der Waals surface area contributed by atoms with Crippen LogP contribution in [0.5, 0.6) is 11.5 Å². The minimum Gasteiger partial charge on any atom is -0.493 e. The molecule has 1 heterocycles. The molecule has 110 valence electrons. The molecule has 0 aliphatic carbocycles. The third kappa shape index (κ3) is 3.49. The number of hydrogen-bond donors (Lipinski definition) is 1. The highest BCUT2D eigenvalue weighted by Crippen LogP contribution is 2.27. The van der Waals surface area contributed by atoms with Gasteiger partial charge in [0.2, 0.25) is 0 Å². The molecule has 1 aliphatic rings. The van der Waals surface area contributed by atoms with Gasteiger partial charge >= 0.3 is 0 Å². The summed E-state index contributed by atoms with van der Waals surface area (Å²) in [4.78, 5) is 14.3. The lowest BCUT2D eigenvalue weighted by atomic mass is 10.1. The van der Waals surface area contributed by atoms with Crippen LogP contribution >= 0.6 is 0 Å². The van der Waals surface area contributed by atoms with E-state index in [2.05, 4.69) is 4.90 Å². The summed E-state index contributed by atoms with van der Waals surface area (Å²) in [6, 6.07) is 5.20. The highest BCUT2D eigenvalue weighted by molar-refractivity contribution is 5.98. The second-order valence-electron chi connectivity index (χ2n) is 5.00. The van der Waals surface area contributed by atoms with Gasteiger partial charge in [0, 0.05) is 18.7 Å². The highest BCUT2D eigenvalue weighted by atomic mass is 16.5. The lowest BCUT2D eigenvalue weighted by molar-refractivity contribution is 0.0711. The molecular weight excluding hydrogens is 258 g/mol. The summed E-state index contributed by atoms with van der Waals surface area (Å²) in [6.45, 7) is 1.91. The average molecular weight is 279 g/mol. The van der Waals surface area contributed by atoms with Crippen molar-refractivity contribution >= 4 is 5.78 Å². The Morgan fingerprint density at radius 3 is 2.50 bits per heavy atom. The molecule has 1 aromatic rings. The molecule has 0 amide bonds. The molecule has 5 heteroatoms. The fourth-order valence-electron chi connectivity index (χ4n) is 2.38. The smallest absolute Gasteiger partial charge is 0.176 e. The largest absolute Gasteiger partial charge is 0.493 e. The molecule has 1 fully saturated rings. The Morgan fingerprint density at radius 1 is 1.25 bits per heavy atom. The predicted molar refractivity (Wildman–Crippen MR) is 75.6 cm³/mol. The number of methoxy groups -OCH3 is 2. The van der Waals surface area contributed by atoms with Crippen molar-refractivity contribution in [3.63, 3.8) is 0 Å². The van der Waals surface area contributed by atoms with Gasteiger partial charge in [-0.3, -0.25) is 9.69 Å². The fraction of sp³-hybridized carbons (Fsp3) is 0.533. The van der Waals surface area contributed by atoms with Crippen LogP contribution in [-0.2, 0) is 0 Å². The van der Waals surface area contributed by atoms with Gasteiger partial charge in [-0.2, -0.15) is 0 Å². The van der Waals surface area contributed by atoms with E-state index < -0.39 is 0 Å². The molecule has 2 rings (SSSR count). The second-order valence-corrected chi connectivity index (χ2v) is 5.00. The van der Waals surface area contributed by atoms with Crippen molar-refractivity contribution in [1.29, 1.82) is 0 Å². The fourth-order valence-corrected chi connectivity index (χ4v) is 2.38. The maximum absolute atomic E-state index is 12.3. The van der Waals surface area contributed by atoms with E-state index in [4.69, 9.17) is 9.47 Å². The minimum absolute atomic E-state index is 0.0577. The van der Waals surface area contributed by atoms with E-state index in [1.54, 1.807) is 32.4 Å². The number of likely N-dealkylation sites (tertiary alicyclic amines) is 1. The Bertz CT molecular complexity index is 467. The first-order valence-electron chi connectivity index (χ1n) is 6.79. The van der Waals surface area contributed by atoms with Crippen LogP contribution in [0.1, 0.15) is 23.2 Å². The van der Waals surface area contributed by atoms with Crippen molar-refractivity contribution in [1.82, 2.24) is 4.90 Å². The normalized spacial score (nSPS) is 16.9. The quantitative estimate of drug-likeness (QED) is 0.824. The third-order valence-corrected chi connectivity index (χ3v) is 3.63. The van der Waals surface area contributed by atoms with Gasteiger partial charge in [0.05, 0.1) is 26.9 Å². The molecule has 1 N–H and O–H groups in total. The van der Waals surface area contributed by atoms with Crippen LogP contribution in [0.3, 0.4) is 0 Å². The number of hydrogen-bond acceptors (Lipinski definition) is 5. The molecule has 0 radical (unpaired) electrons. The number of ether oxygens (including phenoxy) is 2. The topological polar surface area (TPSA) is 59.0 Å². The zero-order valence-electron chi connectivity index (χ0n) is 12.0. The summed E-state index contributed by atoms with van der Waals surface area (Å²) in [5, 5.41) is 9.46. The van der Waals surface area contributed by atoms with Gasteiger partial charge in [-0.1, -0.05) is 0 Å². The molecule has 0 spiro atoms. The minimum atomic E-state index is -0.220. The molecule has 0 unspecified atom stereocenters. The van der Waals surface area contributed by atoms with Crippen molar-refractivity contribution < 1.29 is 19.4 Å². The first-order chi connectivity index (χ1) is 9.63. The lowest BCUT2D eigenvalue weighted by Gasteiger charge is -2.28. The molecule has 0 aromatic heterocycles. The molecule has 0 bridgehead atoms. The van der Waals surface area contributed by atoms with Gasteiger partial charge < -0.3 is 14.6 Å². The van der Waals surface area contributed by atoms with Crippen LogP contribution in [0.4, 0.5) is 0 Å². The number of rotatable bonds is 5. The monoisotopic (exact) mass is 279 g/mol. The number of carbonyl (C=O) groups excluding carboxylic acids is 1. The number of Topliss-reactive ketones (excluding diaryl/α,β-unsaturated/α-hetero) is 1. The summed E-state index contributed by atoms with van der Waals surface area (Å²) >= 11 is 0. The number of carbonyl (C=O) groups is 1. The maximum atomic E-state index is 12.3. The first-order valence-corrected chi connectivity index (χ1v) is 6.79. The maximum Gasteiger partial charge on any atom is 0.176 e. The van der Waals surface area contributed by atoms with Crippen molar-refractivity contribution in [3.8, 4) is 11.5 Å². The van der Waals surface area contributed by atoms with E-state index in [0.717, 1.165) is 25.9 Å². The highest BCUT2D eigenvalue weighted by Gasteiger charge is 2.20. The van der Waals surface area contributed by atoms with Gasteiger partial charge in [-0.05, 0) is 31.0 Å². The molecular formula is C15H21NO4. The lowest BCUT2D eigenvalue weighted by Crippen LogP contribution is -2.39. The van der Waals surface area contributed by atoms with Crippen LogP contribution in [-0.4, -0.2) is 55.7 Å². The summed E-state index contributed by atoms with van der Waals surface area (Å²) in [7, 11) is 3.12. The number of nitrogens with zero attached hydrogens (tertiary/aromatic N) is 1. The van der Waals surface area contributed by atoms with Gasteiger partial charge in [0.1, 0.15) is 0 Å². The molecule has 5 nitrogen and oxygen atoms in total. The number of aliphatic hydroxyl groups excluding tert-OH is 1. The molecule has 0 atom stereocenters. The number of ketones is 1. The van der Waals surface area contributed by atoms with Gasteiger partial charge in [-0.15, -0.1) is 0 Å². The van der Waals surface area contributed by atoms with Crippen molar-refractivity contribution in [2.24, 2.45) is 0 Å². The van der Waals surface area contributed by atoms with E-state index in [1.165, 1.54) is 0 Å². The standard InChI is InChI=1S/C15H21NO4/c1-19-14-4-3-11(9-15(14)20-2)13(18)10-16-7-5-12(17)6-8-16/h3-4,9,12,17H,5-8,10H2,1-2H3. The van der Waals surface area contributed by atoms with E-state index >= 15 is 0 Å². The Balaban J connectivity index is 2.02. The van der Waals surface area contributed by atoms with Gasteiger partial charge in [0.15, 0.2) is 17.3 Å². The van der Waals surface area contributed by atoms with Crippen LogP contribution in [0.25, 0.3) is 0 Å².